The summed E-state index contributed by atoms with van der Waals surface area (Å²) in [5, 5.41) is 3.48. The Balaban J connectivity index is 1.52. The van der Waals surface area contributed by atoms with Crippen molar-refractivity contribution in [1.29, 1.82) is 0 Å². The first-order valence-corrected chi connectivity index (χ1v) is 9.27. The van der Waals surface area contributed by atoms with Gasteiger partial charge in [-0.1, -0.05) is 6.07 Å². The summed E-state index contributed by atoms with van der Waals surface area (Å²) in [5.41, 5.74) is 1.17. The number of halogens is 1. The van der Waals surface area contributed by atoms with Gasteiger partial charge in [0, 0.05) is 19.5 Å². The van der Waals surface area contributed by atoms with E-state index in [9.17, 15) is 4.79 Å². The van der Waals surface area contributed by atoms with Gasteiger partial charge in [0.25, 0.3) is 0 Å². The number of carbonyl (C=O) groups is 1. The second-order valence-electron chi connectivity index (χ2n) is 6.61. The van der Waals surface area contributed by atoms with Gasteiger partial charge in [0.2, 0.25) is 5.91 Å². The van der Waals surface area contributed by atoms with Gasteiger partial charge in [0.1, 0.15) is 5.75 Å². The molecule has 2 heterocycles. The quantitative estimate of drug-likeness (QED) is 0.872. The molecule has 5 heteroatoms. The third-order valence-electron chi connectivity index (χ3n) is 5.22. The maximum atomic E-state index is 12.5. The zero-order valence-electron chi connectivity index (χ0n) is 13.7. The lowest BCUT2D eigenvalue weighted by molar-refractivity contribution is -0.131. The first-order valence-electron chi connectivity index (χ1n) is 8.48. The van der Waals surface area contributed by atoms with Crippen LogP contribution < -0.4 is 10.1 Å². The molecule has 0 aromatic heterocycles. The van der Waals surface area contributed by atoms with Crippen LogP contribution in [0.1, 0.15) is 24.8 Å². The van der Waals surface area contributed by atoms with E-state index in [0.29, 0.717) is 12.3 Å². The Kier molecular flexibility index (Phi) is 5.59. The molecule has 0 unspecified atom stereocenters. The van der Waals surface area contributed by atoms with Crippen LogP contribution in [0, 0.1) is 11.8 Å². The lowest BCUT2D eigenvalue weighted by atomic mass is 9.92. The van der Waals surface area contributed by atoms with E-state index in [1.54, 1.807) is 7.11 Å². The first-order chi connectivity index (χ1) is 11.2. The number of nitrogens with zero attached hydrogens (tertiary/aromatic N) is 1. The van der Waals surface area contributed by atoms with E-state index in [1.165, 1.54) is 5.56 Å². The standard InChI is InChI=1S/C18H25BrN2O2/c1-23-17-4-2-13(10-16(17)19)3-5-18(22)21-8-6-14-11-20-12-15(14)7-9-21/h2,4,10,14-15,20H,3,5-9,11-12H2,1H3/t14-,15+. The predicted octanol–water partition coefficient (Wildman–Crippen LogP) is 2.85. The van der Waals surface area contributed by atoms with E-state index < -0.39 is 0 Å². The monoisotopic (exact) mass is 380 g/mol. The van der Waals surface area contributed by atoms with Crippen LogP contribution in [-0.2, 0) is 11.2 Å². The highest BCUT2D eigenvalue weighted by Gasteiger charge is 2.31. The largest absolute Gasteiger partial charge is 0.496 e. The van der Waals surface area contributed by atoms with Gasteiger partial charge in [-0.2, -0.15) is 0 Å². The molecule has 0 aliphatic carbocycles. The van der Waals surface area contributed by atoms with Gasteiger partial charge in [-0.25, -0.2) is 0 Å². The molecule has 1 amide bonds. The molecule has 1 aromatic rings. The minimum absolute atomic E-state index is 0.296. The number of hydrogen-bond acceptors (Lipinski definition) is 3. The van der Waals surface area contributed by atoms with Crippen molar-refractivity contribution in [2.24, 2.45) is 11.8 Å². The number of aryl methyl sites for hydroxylation is 1. The van der Waals surface area contributed by atoms with Crippen molar-refractivity contribution in [3.8, 4) is 5.75 Å². The molecule has 2 saturated heterocycles. The molecular formula is C18H25BrN2O2. The summed E-state index contributed by atoms with van der Waals surface area (Å²) in [6.45, 7) is 4.11. The highest BCUT2D eigenvalue weighted by molar-refractivity contribution is 9.10. The van der Waals surface area contributed by atoms with Crippen molar-refractivity contribution in [3.05, 3.63) is 28.2 Å². The smallest absolute Gasteiger partial charge is 0.222 e. The van der Waals surface area contributed by atoms with Gasteiger partial charge in [0.15, 0.2) is 0 Å². The number of ether oxygens (including phenoxy) is 1. The molecule has 2 fully saturated rings. The Hall–Kier alpha value is -1.07. The average Bonchev–Trinajstić information content (AvgIpc) is 2.91. The van der Waals surface area contributed by atoms with Gasteiger partial charge in [0.05, 0.1) is 11.6 Å². The molecule has 0 spiro atoms. The van der Waals surface area contributed by atoms with Crippen LogP contribution in [0.15, 0.2) is 22.7 Å². The minimum atomic E-state index is 0.296. The summed E-state index contributed by atoms with van der Waals surface area (Å²) in [5.74, 6) is 2.66. The van der Waals surface area contributed by atoms with Crippen molar-refractivity contribution in [3.63, 3.8) is 0 Å². The highest BCUT2D eigenvalue weighted by Crippen LogP contribution is 2.28. The summed E-state index contributed by atoms with van der Waals surface area (Å²) in [7, 11) is 1.66. The zero-order valence-corrected chi connectivity index (χ0v) is 15.3. The van der Waals surface area contributed by atoms with Gasteiger partial charge in [-0.3, -0.25) is 4.79 Å². The lowest BCUT2D eigenvalue weighted by Crippen LogP contribution is -2.32. The summed E-state index contributed by atoms with van der Waals surface area (Å²) in [6.07, 6.45) is 3.67. The Morgan fingerprint density at radius 1 is 1.30 bits per heavy atom. The molecule has 2 atom stereocenters. The van der Waals surface area contributed by atoms with Crippen LogP contribution in [0.4, 0.5) is 0 Å². The molecule has 2 aliphatic heterocycles. The maximum Gasteiger partial charge on any atom is 0.222 e. The molecule has 1 N–H and O–H groups in total. The summed E-state index contributed by atoms with van der Waals surface area (Å²) in [4.78, 5) is 14.6. The third kappa shape index (κ3) is 4.07. The topological polar surface area (TPSA) is 41.6 Å². The van der Waals surface area contributed by atoms with E-state index in [0.717, 1.165) is 67.5 Å². The Labute approximate surface area is 146 Å². The molecule has 0 radical (unpaired) electrons. The molecule has 1 aromatic carbocycles. The number of nitrogens with one attached hydrogen (secondary N) is 1. The Morgan fingerprint density at radius 3 is 2.61 bits per heavy atom. The molecule has 3 rings (SSSR count). The van der Waals surface area contributed by atoms with Crippen molar-refractivity contribution >= 4 is 21.8 Å². The zero-order chi connectivity index (χ0) is 16.2. The van der Waals surface area contributed by atoms with Crippen LogP contribution in [0.5, 0.6) is 5.75 Å². The van der Waals surface area contributed by atoms with Crippen molar-refractivity contribution in [1.82, 2.24) is 10.2 Å². The van der Waals surface area contributed by atoms with Gasteiger partial charge < -0.3 is 15.0 Å². The maximum absolute atomic E-state index is 12.5. The van der Waals surface area contributed by atoms with Crippen LogP contribution in [0.2, 0.25) is 0 Å². The fourth-order valence-corrected chi connectivity index (χ4v) is 4.33. The van der Waals surface area contributed by atoms with E-state index in [4.69, 9.17) is 4.74 Å². The van der Waals surface area contributed by atoms with Crippen LogP contribution >= 0.6 is 15.9 Å². The van der Waals surface area contributed by atoms with Gasteiger partial charge in [-0.15, -0.1) is 0 Å². The Morgan fingerprint density at radius 2 is 2.00 bits per heavy atom. The lowest BCUT2D eigenvalue weighted by Gasteiger charge is -2.21. The predicted molar refractivity (Wildman–Crippen MR) is 94.7 cm³/mol. The van der Waals surface area contributed by atoms with Gasteiger partial charge >= 0.3 is 0 Å². The summed E-state index contributed by atoms with van der Waals surface area (Å²) >= 11 is 3.50. The summed E-state index contributed by atoms with van der Waals surface area (Å²) < 4.78 is 6.19. The second-order valence-corrected chi connectivity index (χ2v) is 7.46. The number of benzene rings is 1. The number of hydrogen-bond donors (Lipinski definition) is 1. The number of amides is 1. The molecular weight excluding hydrogens is 356 g/mol. The number of rotatable bonds is 4. The van der Waals surface area contributed by atoms with Crippen molar-refractivity contribution in [2.45, 2.75) is 25.7 Å². The number of methoxy groups -OCH3 is 1. The molecule has 0 bridgehead atoms. The van der Waals surface area contributed by atoms with E-state index in [1.807, 2.05) is 18.2 Å². The average molecular weight is 381 g/mol. The van der Waals surface area contributed by atoms with Crippen LogP contribution in [0.25, 0.3) is 0 Å². The fourth-order valence-electron chi connectivity index (χ4n) is 3.74. The number of carbonyl (C=O) groups excluding carboxylic acids is 1. The normalized spacial score (nSPS) is 24.2. The second kappa shape index (κ2) is 7.67. The van der Waals surface area contributed by atoms with Crippen LogP contribution in [-0.4, -0.2) is 44.1 Å². The molecule has 126 valence electrons. The SMILES string of the molecule is COc1ccc(CCC(=O)N2CC[C@@H]3CNC[C@@H]3CC2)cc1Br. The van der Waals surface area contributed by atoms with E-state index in [-0.39, 0.29) is 0 Å². The number of likely N-dealkylation sites (tertiary alicyclic amines) is 1. The minimum Gasteiger partial charge on any atom is -0.496 e. The first kappa shape index (κ1) is 16.8. The summed E-state index contributed by atoms with van der Waals surface area (Å²) in [6, 6.07) is 6.03. The molecule has 0 saturated carbocycles. The third-order valence-corrected chi connectivity index (χ3v) is 5.84. The van der Waals surface area contributed by atoms with Crippen molar-refractivity contribution in [2.75, 3.05) is 33.3 Å². The molecule has 2 aliphatic rings. The van der Waals surface area contributed by atoms with E-state index >= 15 is 0 Å². The number of fused-ring (bicyclic) bond motifs is 1. The van der Waals surface area contributed by atoms with Crippen molar-refractivity contribution < 1.29 is 9.53 Å². The molecule has 23 heavy (non-hydrogen) atoms. The fraction of sp³-hybridized carbons (Fsp3) is 0.611. The Bertz CT molecular complexity index is 550. The van der Waals surface area contributed by atoms with E-state index in [2.05, 4.69) is 26.1 Å². The molecule has 4 nitrogen and oxygen atoms in total. The van der Waals surface area contributed by atoms with Gasteiger partial charge in [-0.05, 0) is 77.8 Å². The van der Waals surface area contributed by atoms with Crippen LogP contribution in [0.3, 0.4) is 0 Å². The highest BCUT2D eigenvalue weighted by atomic mass is 79.9.